The number of aliphatic hydroxyl groups is 1. The van der Waals surface area contributed by atoms with Gasteiger partial charge in [0.15, 0.2) is 0 Å². The van der Waals surface area contributed by atoms with Crippen molar-refractivity contribution < 1.29 is 5.11 Å². The van der Waals surface area contributed by atoms with Crippen molar-refractivity contribution in [2.24, 2.45) is 0 Å². The molecule has 0 aliphatic rings. The zero-order chi connectivity index (χ0) is 10.4. The largest absolute Gasteiger partial charge is 0.393 e. The molecule has 14 heavy (non-hydrogen) atoms. The van der Waals surface area contributed by atoms with Gasteiger partial charge in [0.1, 0.15) is 0 Å². The Morgan fingerprint density at radius 1 is 1.21 bits per heavy atom. The highest BCUT2D eigenvalue weighted by molar-refractivity contribution is 5.23. The monoisotopic (exact) mass is 192 g/mol. The molecule has 1 aromatic rings. The minimum absolute atomic E-state index is 0.139. The summed E-state index contributed by atoms with van der Waals surface area (Å²) < 4.78 is 0. The molecule has 1 N–H and O–H groups in total. The van der Waals surface area contributed by atoms with Gasteiger partial charge in [0, 0.05) is 0 Å². The Labute approximate surface area is 86.8 Å². The fraction of sp³-hybridized carbons (Fsp3) is 0.538. The zero-order valence-corrected chi connectivity index (χ0v) is 9.16. The molecule has 0 aliphatic carbocycles. The van der Waals surface area contributed by atoms with Crippen LogP contribution < -0.4 is 0 Å². The molecule has 0 radical (unpaired) electrons. The first-order chi connectivity index (χ1) is 6.76. The van der Waals surface area contributed by atoms with Gasteiger partial charge in [-0.25, -0.2) is 0 Å². The maximum atomic E-state index is 9.45. The van der Waals surface area contributed by atoms with Gasteiger partial charge in [-0.1, -0.05) is 38.1 Å². The lowest BCUT2D eigenvalue weighted by molar-refractivity contribution is 0.160. The Hall–Kier alpha value is -0.820. The molecule has 0 spiro atoms. The zero-order valence-electron chi connectivity index (χ0n) is 9.16. The van der Waals surface area contributed by atoms with Gasteiger partial charge in [-0.15, -0.1) is 0 Å². The quantitative estimate of drug-likeness (QED) is 0.760. The lowest BCUT2D eigenvalue weighted by atomic mass is 10.0. The van der Waals surface area contributed by atoms with Gasteiger partial charge >= 0.3 is 0 Å². The highest BCUT2D eigenvalue weighted by Crippen LogP contribution is 2.10. The van der Waals surface area contributed by atoms with Crippen LogP contribution in [0.1, 0.15) is 37.8 Å². The Morgan fingerprint density at radius 3 is 2.57 bits per heavy atom. The van der Waals surface area contributed by atoms with E-state index >= 15 is 0 Å². The van der Waals surface area contributed by atoms with E-state index in [0.717, 1.165) is 25.7 Å². The number of benzene rings is 1. The molecule has 1 rings (SSSR count). The molecular formula is C13H20O. The lowest BCUT2D eigenvalue weighted by Crippen LogP contribution is -2.05. The predicted molar refractivity (Wildman–Crippen MR) is 60.4 cm³/mol. The highest BCUT2D eigenvalue weighted by atomic mass is 16.3. The van der Waals surface area contributed by atoms with E-state index in [1.807, 2.05) is 6.92 Å². The maximum Gasteiger partial charge on any atom is 0.0540 e. The molecular weight excluding hydrogens is 172 g/mol. The van der Waals surface area contributed by atoms with Gasteiger partial charge in [0.05, 0.1) is 6.10 Å². The molecule has 0 heterocycles. The van der Waals surface area contributed by atoms with Crippen LogP contribution >= 0.6 is 0 Å². The van der Waals surface area contributed by atoms with Crippen LogP contribution in [0.3, 0.4) is 0 Å². The Kier molecular flexibility index (Phi) is 4.68. The van der Waals surface area contributed by atoms with E-state index in [1.165, 1.54) is 11.1 Å². The minimum atomic E-state index is -0.139. The van der Waals surface area contributed by atoms with Crippen molar-refractivity contribution in [1.82, 2.24) is 0 Å². The maximum absolute atomic E-state index is 9.45. The van der Waals surface area contributed by atoms with Gasteiger partial charge in [-0.2, -0.15) is 0 Å². The summed E-state index contributed by atoms with van der Waals surface area (Å²) in [5, 5.41) is 9.45. The van der Waals surface area contributed by atoms with Crippen molar-refractivity contribution in [3.8, 4) is 0 Å². The van der Waals surface area contributed by atoms with Crippen molar-refractivity contribution >= 4 is 0 Å². The van der Waals surface area contributed by atoms with Crippen LogP contribution in [0, 0.1) is 0 Å². The van der Waals surface area contributed by atoms with E-state index < -0.39 is 0 Å². The summed E-state index contributed by atoms with van der Waals surface area (Å²) in [6, 6.07) is 8.64. The average Bonchev–Trinajstić information content (AvgIpc) is 2.26. The van der Waals surface area contributed by atoms with E-state index in [0.29, 0.717) is 0 Å². The average molecular weight is 192 g/mol. The second-order valence-corrected chi connectivity index (χ2v) is 3.77. The number of hydrogen-bond donors (Lipinski definition) is 1. The number of aryl methyl sites for hydroxylation is 2. The molecule has 1 atom stereocenters. The number of hydrogen-bond acceptors (Lipinski definition) is 1. The third kappa shape index (κ3) is 3.51. The molecule has 1 unspecified atom stereocenters. The summed E-state index contributed by atoms with van der Waals surface area (Å²) in [6.07, 6.45) is 3.67. The van der Waals surface area contributed by atoms with Crippen LogP contribution in [0.15, 0.2) is 24.3 Å². The number of aliphatic hydroxyl groups excluding tert-OH is 1. The van der Waals surface area contributed by atoms with Crippen LogP contribution in [0.5, 0.6) is 0 Å². The first kappa shape index (κ1) is 11.3. The Bertz CT molecular complexity index is 268. The summed E-state index contributed by atoms with van der Waals surface area (Å²) in [6.45, 7) is 4.19. The Balaban J connectivity index is 2.50. The third-order valence-electron chi connectivity index (χ3n) is 2.64. The van der Waals surface area contributed by atoms with E-state index in [4.69, 9.17) is 0 Å². The fourth-order valence-electron chi connectivity index (χ4n) is 1.54. The van der Waals surface area contributed by atoms with Crippen LogP contribution in [0.4, 0.5) is 0 Å². The normalized spacial score (nSPS) is 12.8. The second kappa shape index (κ2) is 5.82. The van der Waals surface area contributed by atoms with Gasteiger partial charge in [-0.3, -0.25) is 0 Å². The molecule has 1 heteroatoms. The highest BCUT2D eigenvalue weighted by Gasteiger charge is 2.01. The van der Waals surface area contributed by atoms with Crippen LogP contribution in [0.25, 0.3) is 0 Å². The van der Waals surface area contributed by atoms with Crippen LogP contribution in [-0.2, 0) is 12.8 Å². The van der Waals surface area contributed by atoms with E-state index in [-0.39, 0.29) is 6.10 Å². The van der Waals surface area contributed by atoms with Gasteiger partial charge in [0.2, 0.25) is 0 Å². The topological polar surface area (TPSA) is 20.2 Å². The van der Waals surface area contributed by atoms with Gasteiger partial charge in [0.25, 0.3) is 0 Å². The van der Waals surface area contributed by atoms with Crippen molar-refractivity contribution in [2.75, 3.05) is 0 Å². The van der Waals surface area contributed by atoms with Gasteiger partial charge < -0.3 is 5.11 Å². The molecule has 0 bridgehead atoms. The fourth-order valence-corrected chi connectivity index (χ4v) is 1.54. The molecule has 0 saturated heterocycles. The molecule has 1 aromatic carbocycles. The van der Waals surface area contributed by atoms with E-state index in [1.54, 1.807) is 0 Å². The van der Waals surface area contributed by atoms with Gasteiger partial charge in [-0.05, 0) is 36.8 Å². The summed E-state index contributed by atoms with van der Waals surface area (Å²) >= 11 is 0. The number of rotatable bonds is 5. The molecule has 0 saturated carbocycles. The molecule has 0 amide bonds. The Morgan fingerprint density at radius 2 is 1.93 bits per heavy atom. The van der Waals surface area contributed by atoms with Crippen molar-refractivity contribution in [2.45, 2.75) is 45.6 Å². The molecule has 1 nitrogen and oxygen atoms in total. The SMILES string of the molecule is CCc1cccc(CCC(O)CC)c1. The van der Waals surface area contributed by atoms with Crippen molar-refractivity contribution in [3.63, 3.8) is 0 Å². The first-order valence-corrected chi connectivity index (χ1v) is 5.52. The first-order valence-electron chi connectivity index (χ1n) is 5.52. The standard InChI is InChI=1S/C13H20O/c1-3-11-6-5-7-12(10-11)8-9-13(14)4-2/h5-7,10,13-14H,3-4,8-9H2,1-2H3. The summed E-state index contributed by atoms with van der Waals surface area (Å²) in [7, 11) is 0. The minimum Gasteiger partial charge on any atom is -0.393 e. The second-order valence-electron chi connectivity index (χ2n) is 3.77. The third-order valence-corrected chi connectivity index (χ3v) is 2.64. The molecule has 0 aromatic heterocycles. The van der Waals surface area contributed by atoms with Crippen LogP contribution in [0.2, 0.25) is 0 Å². The molecule has 78 valence electrons. The molecule has 0 fully saturated rings. The summed E-state index contributed by atoms with van der Waals surface area (Å²) in [5.41, 5.74) is 2.73. The van der Waals surface area contributed by atoms with E-state index in [9.17, 15) is 5.11 Å². The smallest absolute Gasteiger partial charge is 0.0540 e. The predicted octanol–water partition coefficient (Wildman–Crippen LogP) is 2.95. The van der Waals surface area contributed by atoms with E-state index in [2.05, 4.69) is 31.2 Å². The van der Waals surface area contributed by atoms with Crippen molar-refractivity contribution in [1.29, 1.82) is 0 Å². The van der Waals surface area contributed by atoms with Crippen molar-refractivity contribution in [3.05, 3.63) is 35.4 Å². The molecule has 0 aliphatic heterocycles. The lowest BCUT2D eigenvalue weighted by Gasteiger charge is -2.08. The van der Waals surface area contributed by atoms with Crippen LogP contribution in [-0.4, -0.2) is 11.2 Å². The summed E-state index contributed by atoms with van der Waals surface area (Å²) in [4.78, 5) is 0. The summed E-state index contributed by atoms with van der Waals surface area (Å²) in [5.74, 6) is 0.